The number of carbonyl (C=O) groups is 1. The molecular formula is C22H29N3O3. The Hall–Kier alpha value is -2.50. The van der Waals surface area contributed by atoms with E-state index in [1.807, 2.05) is 29.5 Å². The maximum absolute atomic E-state index is 13.3. The lowest BCUT2D eigenvalue weighted by Crippen LogP contribution is -2.46. The first-order valence-electron chi connectivity index (χ1n) is 10.1. The first-order chi connectivity index (χ1) is 13.4. The van der Waals surface area contributed by atoms with Gasteiger partial charge >= 0.3 is 0 Å². The summed E-state index contributed by atoms with van der Waals surface area (Å²) in [5, 5.41) is 4.53. The Morgan fingerprint density at radius 1 is 1.25 bits per heavy atom. The molecule has 150 valence electrons. The molecule has 6 nitrogen and oxygen atoms in total. The summed E-state index contributed by atoms with van der Waals surface area (Å²) < 4.78 is 12.9. The first kappa shape index (κ1) is 18.8. The molecule has 3 heterocycles. The van der Waals surface area contributed by atoms with Gasteiger partial charge in [-0.25, -0.2) is 0 Å². The van der Waals surface area contributed by atoms with Crippen LogP contribution in [0.15, 0.2) is 18.2 Å². The van der Waals surface area contributed by atoms with Crippen LogP contribution < -0.4 is 9.47 Å². The van der Waals surface area contributed by atoms with Crippen LogP contribution in [0, 0.1) is 19.3 Å². The highest BCUT2D eigenvalue weighted by atomic mass is 16.7. The minimum absolute atomic E-state index is 0.0458. The minimum atomic E-state index is 0.0458. The molecular weight excluding hydrogens is 354 g/mol. The van der Waals surface area contributed by atoms with Gasteiger partial charge in [0.15, 0.2) is 11.5 Å². The molecule has 1 saturated heterocycles. The van der Waals surface area contributed by atoms with E-state index in [-0.39, 0.29) is 11.3 Å². The van der Waals surface area contributed by atoms with Crippen molar-refractivity contribution in [3.63, 3.8) is 0 Å². The SMILES string of the molecule is CCn1nc(C)c(C(=O)N2CCC[C@](C)(Cc3ccc4c(c3)OCO4)C2)c1C. The second kappa shape index (κ2) is 7.15. The van der Waals surface area contributed by atoms with Gasteiger partial charge in [0.1, 0.15) is 0 Å². The monoisotopic (exact) mass is 383 g/mol. The Kier molecular flexibility index (Phi) is 4.81. The predicted molar refractivity (Wildman–Crippen MR) is 107 cm³/mol. The van der Waals surface area contributed by atoms with Crippen LogP contribution in [0.1, 0.15) is 54.0 Å². The molecule has 6 heteroatoms. The summed E-state index contributed by atoms with van der Waals surface area (Å²) in [7, 11) is 0. The molecule has 1 atom stereocenters. The largest absolute Gasteiger partial charge is 0.454 e. The summed E-state index contributed by atoms with van der Waals surface area (Å²) in [6.07, 6.45) is 3.05. The van der Waals surface area contributed by atoms with E-state index in [9.17, 15) is 4.79 Å². The van der Waals surface area contributed by atoms with E-state index in [4.69, 9.17) is 9.47 Å². The first-order valence-corrected chi connectivity index (χ1v) is 10.1. The maximum Gasteiger partial charge on any atom is 0.257 e. The lowest BCUT2D eigenvalue weighted by Gasteiger charge is -2.41. The molecule has 0 aliphatic carbocycles. The van der Waals surface area contributed by atoms with Crippen LogP contribution in [-0.2, 0) is 13.0 Å². The van der Waals surface area contributed by atoms with Gasteiger partial charge in [0.25, 0.3) is 5.91 Å². The second-order valence-electron chi connectivity index (χ2n) is 8.37. The molecule has 2 aliphatic rings. The van der Waals surface area contributed by atoms with Gasteiger partial charge in [-0.2, -0.15) is 5.10 Å². The molecule has 2 aromatic rings. The standard InChI is InChI=1S/C22H29N3O3/c1-5-25-16(3)20(15(2)23-25)21(26)24-10-6-9-22(4,13-24)12-17-7-8-18-19(11-17)28-14-27-18/h7-8,11H,5-6,9-10,12-14H2,1-4H3/t22-/m1/s1. The quantitative estimate of drug-likeness (QED) is 0.807. The van der Waals surface area contributed by atoms with E-state index in [2.05, 4.69) is 31.1 Å². The number of carbonyl (C=O) groups excluding carboxylic acids is 1. The molecule has 1 amide bonds. The molecule has 1 aromatic carbocycles. The molecule has 0 N–H and O–H groups in total. The van der Waals surface area contributed by atoms with E-state index in [0.29, 0.717) is 6.79 Å². The van der Waals surface area contributed by atoms with Gasteiger partial charge in [0, 0.05) is 25.3 Å². The number of aryl methyl sites for hydroxylation is 2. The Morgan fingerprint density at radius 3 is 2.79 bits per heavy atom. The van der Waals surface area contributed by atoms with Crippen molar-refractivity contribution in [2.24, 2.45) is 5.41 Å². The molecule has 28 heavy (non-hydrogen) atoms. The highest BCUT2D eigenvalue weighted by Crippen LogP contribution is 2.38. The number of amides is 1. The third-order valence-electron chi connectivity index (χ3n) is 6.03. The topological polar surface area (TPSA) is 56.6 Å². The Labute approximate surface area is 166 Å². The number of likely N-dealkylation sites (tertiary alicyclic amines) is 1. The molecule has 0 spiro atoms. The number of fused-ring (bicyclic) bond motifs is 1. The Balaban J connectivity index is 1.52. The van der Waals surface area contributed by atoms with Crippen LogP contribution in [-0.4, -0.2) is 40.5 Å². The van der Waals surface area contributed by atoms with Crippen molar-refractivity contribution in [1.29, 1.82) is 0 Å². The molecule has 0 unspecified atom stereocenters. The summed E-state index contributed by atoms with van der Waals surface area (Å²) in [6, 6.07) is 6.17. The fourth-order valence-electron chi connectivity index (χ4n) is 4.65. The summed E-state index contributed by atoms with van der Waals surface area (Å²) in [5.74, 6) is 1.75. The number of rotatable bonds is 4. The maximum atomic E-state index is 13.3. The van der Waals surface area contributed by atoms with E-state index in [1.165, 1.54) is 5.56 Å². The van der Waals surface area contributed by atoms with Gasteiger partial charge < -0.3 is 14.4 Å². The van der Waals surface area contributed by atoms with Crippen molar-refractivity contribution in [3.8, 4) is 11.5 Å². The van der Waals surface area contributed by atoms with E-state index in [0.717, 1.165) is 67.3 Å². The van der Waals surface area contributed by atoms with Gasteiger partial charge in [0.05, 0.1) is 11.3 Å². The zero-order valence-corrected chi connectivity index (χ0v) is 17.2. The van der Waals surface area contributed by atoms with E-state index >= 15 is 0 Å². The number of hydrogen-bond donors (Lipinski definition) is 0. The van der Waals surface area contributed by atoms with Gasteiger partial charge in [-0.15, -0.1) is 0 Å². The van der Waals surface area contributed by atoms with E-state index < -0.39 is 0 Å². The van der Waals surface area contributed by atoms with Gasteiger partial charge in [-0.3, -0.25) is 9.48 Å². The van der Waals surface area contributed by atoms with Crippen LogP contribution >= 0.6 is 0 Å². The second-order valence-corrected chi connectivity index (χ2v) is 8.37. The molecule has 2 aliphatic heterocycles. The highest BCUT2D eigenvalue weighted by molar-refractivity contribution is 5.96. The summed E-state index contributed by atoms with van der Waals surface area (Å²) in [4.78, 5) is 15.3. The van der Waals surface area contributed by atoms with Crippen molar-refractivity contribution in [1.82, 2.24) is 14.7 Å². The molecule has 0 radical (unpaired) electrons. The molecule has 4 rings (SSSR count). The lowest BCUT2D eigenvalue weighted by atomic mass is 9.76. The van der Waals surface area contributed by atoms with Crippen LogP contribution in [0.5, 0.6) is 11.5 Å². The average Bonchev–Trinajstić information content (AvgIpc) is 3.24. The summed E-state index contributed by atoms with van der Waals surface area (Å²) in [5.41, 5.74) is 3.84. The van der Waals surface area contributed by atoms with Crippen LogP contribution in [0.25, 0.3) is 0 Å². The molecule has 1 aromatic heterocycles. The van der Waals surface area contributed by atoms with Crippen LogP contribution in [0.4, 0.5) is 0 Å². The number of hydrogen-bond acceptors (Lipinski definition) is 4. The summed E-state index contributed by atoms with van der Waals surface area (Å²) in [6.45, 7) is 10.9. The number of nitrogens with zero attached hydrogens (tertiary/aromatic N) is 3. The van der Waals surface area contributed by atoms with Gasteiger partial charge in [-0.1, -0.05) is 13.0 Å². The smallest absolute Gasteiger partial charge is 0.257 e. The van der Waals surface area contributed by atoms with Crippen molar-refractivity contribution in [2.45, 2.75) is 53.5 Å². The lowest BCUT2D eigenvalue weighted by molar-refractivity contribution is 0.0549. The number of piperidine rings is 1. The Bertz CT molecular complexity index is 905. The number of aromatic nitrogens is 2. The number of benzene rings is 1. The fraction of sp³-hybridized carbons (Fsp3) is 0.545. The third-order valence-corrected chi connectivity index (χ3v) is 6.03. The van der Waals surface area contributed by atoms with Crippen molar-refractivity contribution >= 4 is 5.91 Å². The van der Waals surface area contributed by atoms with Gasteiger partial charge in [0.2, 0.25) is 6.79 Å². The summed E-state index contributed by atoms with van der Waals surface area (Å²) >= 11 is 0. The number of ether oxygens (including phenoxy) is 2. The zero-order chi connectivity index (χ0) is 19.9. The molecule has 0 saturated carbocycles. The average molecular weight is 383 g/mol. The molecule has 1 fully saturated rings. The normalized spacial score (nSPS) is 21.2. The van der Waals surface area contributed by atoms with E-state index in [1.54, 1.807) is 0 Å². The fourth-order valence-corrected chi connectivity index (χ4v) is 4.65. The predicted octanol–water partition coefficient (Wildman–Crippen LogP) is 3.73. The highest BCUT2D eigenvalue weighted by Gasteiger charge is 2.35. The van der Waals surface area contributed by atoms with Crippen molar-refractivity contribution in [2.75, 3.05) is 19.9 Å². The van der Waals surface area contributed by atoms with Crippen molar-refractivity contribution in [3.05, 3.63) is 40.7 Å². The minimum Gasteiger partial charge on any atom is -0.454 e. The molecule has 0 bridgehead atoms. The zero-order valence-electron chi connectivity index (χ0n) is 17.2. The van der Waals surface area contributed by atoms with Gasteiger partial charge in [-0.05, 0) is 63.1 Å². The Morgan fingerprint density at radius 2 is 2.04 bits per heavy atom. The van der Waals surface area contributed by atoms with Crippen LogP contribution in [0.3, 0.4) is 0 Å². The van der Waals surface area contributed by atoms with Crippen molar-refractivity contribution < 1.29 is 14.3 Å². The van der Waals surface area contributed by atoms with Crippen LogP contribution in [0.2, 0.25) is 0 Å². The third kappa shape index (κ3) is 3.36.